The van der Waals surface area contributed by atoms with Gasteiger partial charge in [0.25, 0.3) is 0 Å². The minimum absolute atomic E-state index is 0.00428. The molecular weight excluding hydrogens is 362 g/mol. The van der Waals surface area contributed by atoms with Crippen molar-refractivity contribution in [2.24, 2.45) is 0 Å². The van der Waals surface area contributed by atoms with Crippen LogP contribution in [0.4, 0.5) is 0 Å². The van der Waals surface area contributed by atoms with Crippen LogP contribution in [0.3, 0.4) is 0 Å². The van der Waals surface area contributed by atoms with Gasteiger partial charge >= 0.3 is 0 Å². The maximum absolute atomic E-state index is 10.5. The SMILES string of the molecule is CC#COc1ccc(-c2nc(-c3ccccc3)nc(-c3ccccc3)n2)c(O)c1. The van der Waals surface area contributed by atoms with E-state index in [0.29, 0.717) is 28.8 Å². The number of phenolic OH excluding ortho intramolecular Hbond substituents is 1. The minimum atomic E-state index is 0.00428. The number of phenols is 1. The van der Waals surface area contributed by atoms with E-state index in [1.165, 1.54) is 6.07 Å². The van der Waals surface area contributed by atoms with Crippen LogP contribution in [0.5, 0.6) is 11.5 Å². The zero-order chi connectivity index (χ0) is 20.1. The van der Waals surface area contributed by atoms with E-state index in [9.17, 15) is 5.11 Å². The first kappa shape index (κ1) is 18.2. The van der Waals surface area contributed by atoms with Gasteiger partial charge in [0.15, 0.2) is 17.5 Å². The summed E-state index contributed by atoms with van der Waals surface area (Å²) in [6.07, 6.45) is 2.51. The van der Waals surface area contributed by atoms with Crippen molar-refractivity contribution in [1.29, 1.82) is 0 Å². The van der Waals surface area contributed by atoms with E-state index in [0.717, 1.165) is 11.1 Å². The van der Waals surface area contributed by atoms with Crippen molar-refractivity contribution in [3.05, 3.63) is 78.9 Å². The molecule has 1 N–H and O–H groups in total. The van der Waals surface area contributed by atoms with Gasteiger partial charge in [0.2, 0.25) is 0 Å². The van der Waals surface area contributed by atoms with Gasteiger partial charge in [0, 0.05) is 24.1 Å². The molecule has 1 aromatic heterocycles. The molecule has 0 aliphatic heterocycles. The van der Waals surface area contributed by atoms with Crippen molar-refractivity contribution in [1.82, 2.24) is 15.0 Å². The topological polar surface area (TPSA) is 68.1 Å². The van der Waals surface area contributed by atoms with Crippen LogP contribution in [-0.2, 0) is 0 Å². The molecule has 5 heteroatoms. The monoisotopic (exact) mass is 379 g/mol. The molecule has 5 nitrogen and oxygen atoms in total. The molecule has 0 bridgehead atoms. The van der Waals surface area contributed by atoms with Gasteiger partial charge in [0.05, 0.1) is 5.56 Å². The molecule has 0 spiro atoms. The van der Waals surface area contributed by atoms with Crippen LogP contribution in [0.15, 0.2) is 78.9 Å². The maximum atomic E-state index is 10.5. The Hall–Kier alpha value is -4.17. The number of aromatic hydroxyl groups is 1. The highest BCUT2D eigenvalue weighted by molar-refractivity contribution is 5.70. The van der Waals surface area contributed by atoms with Crippen LogP contribution in [0.1, 0.15) is 6.92 Å². The number of aromatic nitrogens is 3. The zero-order valence-corrected chi connectivity index (χ0v) is 15.7. The Kier molecular flexibility index (Phi) is 5.17. The standard InChI is InChI=1S/C24H17N3O2/c1-2-15-29-19-13-14-20(21(28)16-19)24-26-22(17-9-5-3-6-10-17)25-23(27-24)18-11-7-4-8-12-18/h3-14,16,28H,1H3. The van der Waals surface area contributed by atoms with Crippen molar-refractivity contribution in [3.63, 3.8) is 0 Å². The zero-order valence-electron chi connectivity index (χ0n) is 15.7. The Bertz CT molecular complexity index is 1140. The van der Waals surface area contributed by atoms with E-state index >= 15 is 0 Å². The summed E-state index contributed by atoms with van der Waals surface area (Å²) in [6.45, 7) is 1.68. The predicted molar refractivity (Wildman–Crippen MR) is 112 cm³/mol. The number of rotatable bonds is 4. The summed E-state index contributed by atoms with van der Waals surface area (Å²) in [7, 11) is 0. The number of hydrogen-bond donors (Lipinski definition) is 1. The lowest BCUT2D eigenvalue weighted by Crippen LogP contribution is -2.00. The Morgan fingerprint density at radius 1 is 0.724 bits per heavy atom. The third-order valence-electron chi connectivity index (χ3n) is 4.18. The lowest BCUT2D eigenvalue weighted by atomic mass is 10.1. The molecule has 0 fully saturated rings. The number of benzene rings is 3. The Labute approximate surface area is 168 Å². The van der Waals surface area contributed by atoms with Crippen LogP contribution in [0.2, 0.25) is 0 Å². The van der Waals surface area contributed by atoms with Gasteiger partial charge in [0.1, 0.15) is 17.6 Å². The summed E-state index contributed by atoms with van der Waals surface area (Å²) >= 11 is 0. The molecular formula is C24H17N3O2. The van der Waals surface area contributed by atoms with Crippen LogP contribution >= 0.6 is 0 Å². The molecule has 0 saturated heterocycles. The number of ether oxygens (including phenoxy) is 1. The van der Waals surface area contributed by atoms with Crippen LogP contribution < -0.4 is 4.74 Å². The highest BCUT2D eigenvalue weighted by atomic mass is 16.5. The van der Waals surface area contributed by atoms with Crippen molar-refractivity contribution in [2.45, 2.75) is 6.92 Å². The van der Waals surface area contributed by atoms with Gasteiger partial charge in [-0.2, -0.15) is 0 Å². The second kappa shape index (κ2) is 8.24. The quantitative estimate of drug-likeness (QED) is 0.509. The van der Waals surface area contributed by atoms with Crippen LogP contribution in [0, 0.1) is 12.0 Å². The lowest BCUT2D eigenvalue weighted by Gasteiger charge is -2.09. The summed E-state index contributed by atoms with van der Waals surface area (Å²) in [5.74, 6) is 4.54. The van der Waals surface area contributed by atoms with Crippen molar-refractivity contribution >= 4 is 0 Å². The summed E-state index contributed by atoms with van der Waals surface area (Å²) < 4.78 is 5.24. The Balaban J connectivity index is 1.85. The smallest absolute Gasteiger partial charge is 0.167 e. The number of hydrogen-bond acceptors (Lipinski definition) is 5. The summed E-state index contributed by atoms with van der Waals surface area (Å²) in [4.78, 5) is 13.8. The largest absolute Gasteiger partial charge is 0.507 e. The van der Waals surface area contributed by atoms with E-state index in [2.05, 4.69) is 27.0 Å². The molecule has 4 aromatic rings. The van der Waals surface area contributed by atoms with E-state index < -0.39 is 0 Å². The first-order chi connectivity index (χ1) is 14.2. The first-order valence-electron chi connectivity index (χ1n) is 9.03. The predicted octanol–water partition coefficient (Wildman–Crippen LogP) is 4.94. The van der Waals surface area contributed by atoms with Crippen molar-refractivity contribution in [3.8, 4) is 57.7 Å². The van der Waals surface area contributed by atoms with Gasteiger partial charge < -0.3 is 9.84 Å². The molecule has 0 atom stereocenters. The summed E-state index contributed by atoms with van der Waals surface area (Å²) in [5.41, 5.74) is 2.22. The Morgan fingerprint density at radius 2 is 1.28 bits per heavy atom. The normalized spacial score (nSPS) is 10.1. The summed E-state index contributed by atoms with van der Waals surface area (Å²) in [5, 5.41) is 10.5. The van der Waals surface area contributed by atoms with Gasteiger partial charge in [-0.25, -0.2) is 15.0 Å². The summed E-state index contributed by atoms with van der Waals surface area (Å²) in [6, 6.07) is 24.3. The molecule has 0 unspecified atom stereocenters. The van der Waals surface area contributed by atoms with E-state index in [1.807, 2.05) is 60.7 Å². The molecule has 0 aliphatic rings. The molecule has 0 saturated carbocycles. The third-order valence-corrected chi connectivity index (χ3v) is 4.18. The van der Waals surface area contributed by atoms with Gasteiger partial charge in [-0.05, 0) is 12.1 Å². The second-order valence-electron chi connectivity index (χ2n) is 6.17. The molecule has 4 rings (SSSR count). The highest BCUT2D eigenvalue weighted by Crippen LogP contribution is 2.32. The van der Waals surface area contributed by atoms with E-state index in [1.54, 1.807) is 19.1 Å². The van der Waals surface area contributed by atoms with Gasteiger partial charge in [-0.15, -0.1) is 0 Å². The molecule has 29 heavy (non-hydrogen) atoms. The van der Waals surface area contributed by atoms with Crippen LogP contribution in [0.25, 0.3) is 34.2 Å². The van der Waals surface area contributed by atoms with Crippen LogP contribution in [-0.4, -0.2) is 20.1 Å². The highest BCUT2D eigenvalue weighted by Gasteiger charge is 2.15. The van der Waals surface area contributed by atoms with Crippen molar-refractivity contribution in [2.75, 3.05) is 0 Å². The lowest BCUT2D eigenvalue weighted by molar-refractivity contribution is 0.466. The molecule has 0 amide bonds. The van der Waals surface area contributed by atoms with Crippen molar-refractivity contribution < 1.29 is 9.84 Å². The fraction of sp³-hybridized carbons (Fsp3) is 0.0417. The molecule has 140 valence electrons. The minimum Gasteiger partial charge on any atom is -0.507 e. The van der Waals surface area contributed by atoms with E-state index in [-0.39, 0.29) is 5.75 Å². The average molecular weight is 379 g/mol. The number of nitrogens with zero attached hydrogens (tertiary/aromatic N) is 3. The van der Waals surface area contributed by atoms with Gasteiger partial charge in [-0.1, -0.05) is 66.6 Å². The maximum Gasteiger partial charge on any atom is 0.167 e. The van der Waals surface area contributed by atoms with Gasteiger partial charge in [-0.3, -0.25) is 0 Å². The fourth-order valence-electron chi connectivity index (χ4n) is 2.80. The average Bonchev–Trinajstić information content (AvgIpc) is 2.78. The fourth-order valence-corrected chi connectivity index (χ4v) is 2.80. The first-order valence-corrected chi connectivity index (χ1v) is 9.03. The Morgan fingerprint density at radius 3 is 1.79 bits per heavy atom. The molecule has 0 radical (unpaired) electrons. The molecule has 1 heterocycles. The molecule has 0 aliphatic carbocycles. The second-order valence-corrected chi connectivity index (χ2v) is 6.17. The van der Waals surface area contributed by atoms with E-state index in [4.69, 9.17) is 4.74 Å². The third kappa shape index (κ3) is 4.07. The molecule has 3 aromatic carbocycles.